The number of rotatable bonds is 7. The van der Waals surface area contributed by atoms with E-state index in [4.69, 9.17) is 4.74 Å². The fourth-order valence-corrected chi connectivity index (χ4v) is 3.96. The van der Waals surface area contributed by atoms with Gasteiger partial charge < -0.3 is 19.3 Å². The number of carbonyl (C=O) groups excluding carboxylic acids is 1. The van der Waals surface area contributed by atoms with Crippen LogP contribution in [-0.2, 0) is 6.54 Å². The summed E-state index contributed by atoms with van der Waals surface area (Å²) in [6.07, 6.45) is 10.3. The highest BCUT2D eigenvalue weighted by atomic mass is 16.5. The molecule has 150 valence electrons. The average molecular weight is 383 g/mol. The quantitative estimate of drug-likeness (QED) is 0.748. The van der Waals surface area contributed by atoms with E-state index < -0.39 is 0 Å². The van der Waals surface area contributed by atoms with Crippen molar-refractivity contribution in [3.8, 4) is 11.5 Å². The molecule has 0 unspecified atom stereocenters. The first-order chi connectivity index (χ1) is 13.6. The molecule has 0 saturated carbocycles. The zero-order chi connectivity index (χ0) is 19.9. The van der Waals surface area contributed by atoms with Crippen LogP contribution in [0.3, 0.4) is 0 Å². The Labute approximate surface area is 166 Å². The second kappa shape index (κ2) is 9.60. The predicted molar refractivity (Wildman–Crippen MR) is 112 cm³/mol. The lowest BCUT2D eigenvalue weighted by Crippen LogP contribution is -2.39. The maximum absolute atomic E-state index is 11.3. The standard InChI is InChI=1S/C23H30N2O3/c1-3-22-18(17-26)16-25(23(22)4-2)13-5-12-24-14-10-21(11-15-24)28-20-8-6-19(27)7-9-20/h3-4,6-9,16-17,21,27H,5,10-15H2,1-2H3/b22-3-,23-4+. The number of carbonyl (C=O) groups is 1. The summed E-state index contributed by atoms with van der Waals surface area (Å²) in [5.74, 6) is 1.08. The number of phenolic OH excluding ortho intramolecular Hbond substituents is 1. The molecule has 2 heterocycles. The number of aromatic hydroxyl groups is 1. The second-order valence-electron chi connectivity index (χ2n) is 7.28. The smallest absolute Gasteiger partial charge is 0.152 e. The Bertz CT molecular complexity index is 891. The van der Waals surface area contributed by atoms with Crippen molar-refractivity contribution >= 4 is 18.4 Å². The number of phenols is 1. The van der Waals surface area contributed by atoms with Crippen molar-refractivity contribution in [1.82, 2.24) is 9.47 Å². The van der Waals surface area contributed by atoms with Gasteiger partial charge in [-0.15, -0.1) is 0 Å². The molecule has 5 heteroatoms. The van der Waals surface area contributed by atoms with Gasteiger partial charge in [0, 0.05) is 42.0 Å². The van der Waals surface area contributed by atoms with E-state index in [0.29, 0.717) is 0 Å². The topological polar surface area (TPSA) is 54.7 Å². The van der Waals surface area contributed by atoms with Crippen LogP contribution in [0.2, 0.25) is 0 Å². The molecule has 1 aliphatic heterocycles. The van der Waals surface area contributed by atoms with Crippen molar-refractivity contribution in [2.75, 3.05) is 19.6 Å². The van der Waals surface area contributed by atoms with E-state index in [1.165, 1.54) is 0 Å². The Hall–Kier alpha value is -2.53. The minimum atomic E-state index is 0.240. The molecule has 28 heavy (non-hydrogen) atoms. The number of aromatic nitrogens is 1. The van der Waals surface area contributed by atoms with Crippen LogP contribution in [0.15, 0.2) is 30.5 Å². The van der Waals surface area contributed by atoms with Crippen molar-refractivity contribution in [2.45, 2.75) is 45.8 Å². The summed E-state index contributed by atoms with van der Waals surface area (Å²) in [6.45, 7) is 8.03. The number of hydrogen-bond donors (Lipinski definition) is 1. The van der Waals surface area contributed by atoms with Gasteiger partial charge in [0.05, 0.1) is 0 Å². The summed E-state index contributed by atoms with van der Waals surface area (Å²) in [5.41, 5.74) is 0.766. The van der Waals surface area contributed by atoms with Gasteiger partial charge in [0.2, 0.25) is 0 Å². The fraction of sp³-hybridized carbons (Fsp3) is 0.435. The van der Waals surface area contributed by atoms with Gasteiger partial charge in [-0.25, -0.2) is 0 Å². The molecule has 1 fully saturated rings. The van der Waals surface area contributed by atoms with Crippen LogP contribution in [0.4, 0.5) is 0 Å². The van der Waals surface area contributed by atoms with Crippen molar-refractivity contribution in [2.24, 2.45) is 0 Å². The van der Waals surface area contributed by atoms with Crippen LogP contribution >= 0.6 is 0 Å². The molecule has 1 aromatic carbocycles. The predicted octanol–water partition coefficient (Wildman–Crippen LogP) is 2.54. The molecule has 0 atom stereocenters. The van der Waals surface area contributed by atoms with Gasteiger partial charge in [-0.05, 0) is 63.9 Å². The Balaban J connectivity index is 1.47. The lowest BCUT2D eigenvalue weighted by Gasteiger charge is -2.32. The minimum absolute atomic E-state index is 0.240. The Morgan fingerprint density at radius 1 is 1.11 bits per heavy atom. The first kappa shape index (κ1) is 20.2. The van der Waals surface area contributed by atoms with E-state index in [1.807, 2.05) is 38.3 Å². The van der Waals surface area contributed by atoms with Crippen LogP contribution in [-0.4, -0.2) is 46.6 Å². The molecule has 1 saturated heterocycles. The van der Waals surface area contributed by atoms with Gasteiger partial charge in [0.1, 0.15) is 17.6 Å². The lowest BCUT2D eigenvalue weighted by molar-refractivity contribution is 0.0991. The Kier molecular flexibility index (Phi) is 6.93. The number of aldehydes is 1. The van der Waals surface area contributed by atoms with Crippen molar-refractivity contribution < 1.29 is 14.6 Å². The lowest BCUT2D eigenvalue weighted by atomic mass is 10.1. The van der Waals surface area contributed by atoms with E-state index in [9.17, 15) is 9.90 Å². The maximum atomic E-state index is 11.3. The average Bonchev–Trinajstić information content (AvgIpc) is 3.07. The highest BCUT2D eigenvalue weighted by Gasteiger charge is 2.20. The Morgan fingerprint density at radius 3 is 2.43 bits per heavy atom. The SMILES string of the molecule is C/C=c1/c(C=O)cn(CCCN2CCC(Oc3ccc(O)cc3)CC2)/c1=C/C. The van der Waals surface area contributed by atoms with Gasteiger partial charge in [0.15, 0.2) is 6.29 Å². The first-order valence-electron chi connectivity index (χ1n) is 10.1. The maximum Gasteiger partial charge on any atom is 0.152 e. The van der Waals surface area contributed by atoms with E-state index in [-0.39, 0.29) is 11.9 Å². The van der Waals surface area contributed by atoms with Crippen LogP contribution in [0.25, 0.3) is 12.2 Å². The van der Waals surface area contributed by atoms with Gasteiger partial charge in [0.25, 0.3) is 0 Å². The number of piperidine rings is 1. The van der Waals surface area contributed by atoms with E-state index in [0.717, 1.165) is 73.6 Å². The number of likely N-dealkylation sites (tertiary alicyclic amines) is 1. The van der Waals surface area contributed by atoms with Gasteiger partial charge >= 0.3 is 0 Å². The molecule has 0 spiro atoms. The third-order valence-corrected chi connectivity index (χ3v) is 5.43. The van der Waals surface area contributed by atoms with E-state index in [1.54, 1.807) is 12.1 Å². The highest BCUT2D eigenvalue weighted by Crippen LogP contribution is 2.21. The molecule has 0 amide bonds. The van der Waals surface area contributed by atoms with Crippen LogP contribution in [0, 0.1) is 0 Å². The summed E-state index contributed by atoms with van der Waals surface area (Å²) in [5, 5.41) is 11.5. The number of hydrogen-bond acceptors (Lipinski definition) is 4. The van der Waals surface area contributed by atoms with Gasteiger partial charge in [-0.2, -0.15) is 0 Å². The fourth-order valence-electron chi connectivity index (χ4n) is 3.96. The molecule has 0 radical (unpaired) electrons. The van der Waals surface area contributed by atoms with Crippen LogP contribution < -0.4 is 15.3 Å². The largest absolute Gasteiger partial charge is 0.508 e. The summed E-state index contributed by atoms with van der Waals surface area (Å²) in [7, 11) is 0. The molecule has 1 aliphatic rings. The number of nitrogens with zero attached hydrogens (tertiary/aromatic N) is 2. The Morgan fingerprint density at radius 2 is 1.82 bits per heavy atom. The zero-order valence-corrected chi connectivity index (χ0v) is 16.8. The summed E-state index contributed by atoms with van der Waals surface area (Å²) >= 11 is 0. The molecular weight excluding hydrogens is 352 g/mol. The molecule has 5 nitrogen and oxygen atoms in total. The van der Waals surface area contributed by atoms with Crippen LogP contribution in [0.1, 0.15) is 43.5 Å². The molecule has 1 N–H and O–H groups in total. The number of aryl methyl sites for hydroxylation is 1. The molecule has 2 aromatic rings. The number of ether oxygens (including phenoxy) is 1. The normalized spacial score (nSPS) is 17.2. The zero-order valence-electron chi connectivity index (χ0n) is 16.8. The summed E-state index contributed by atoms with van der Waals surface area (Å²) in [4.78, 5) is 13.8. The monoisotopic (exact) mass is 382 g/mol. The highest BCUT2D eigenvalue weighted by molar-refractivity contribution is 5.75. The van der Waals surface area contributed by atoms with Gasteiger partial charge in [-0.1, -0.05) is 12.2 Å². The second-order valence-corrected chi connectivity index (χ2v) is 7.28. The van der Waals surface area contributed by atoms with E-state index in [2.05, 4.69) is 15.5 Å². The summed E-state index contributed by atoms with van der Waals surface area (Å²) in [6, 6.07) is 6.95. The van der Waals surface area contributed by atoms with E-state index >= 15 is 0 Å². The third-order valence-electron chi connectivity index (χ3n) is 5.43. The third kappa shape index (κ3) is 4.84. The molecule has 0 aliphatic carbocycles. The summed E-state index contributed by atoms with van der Waals surface area (Å²) < 4.78 is 8.21. The van der Waals surface area contributed by atoms with Crippen LogP contribution in [0.5, 0.6) is 11.5 Å². The van der Waals surface area contributed by atoms with Crippen molar-refractivity contribution in [3.05, 3.63) is 46.6 Å². The van der Waals surface area contributed by atoms with Crippen molar-refractivity contribution in [1.29, 1.82) is 0 Å². The molecule has 0 bridgehead atoms. The minimum Gasteiger partial charge on any atom is -0.508 e. The first-order valence-corrected chi connectivity index (χ1v) is 10.1. The molecular formula is C23H30N2O3. The molecule has 1 aromatic heterocycles. The number of benzene rings is 1. The molecule has 3 rings (SSSR count). The van der Waals surface area contributed by atoms with Crippen molar-refractivity contribution in [3.63, 3.8) is 0 Å². The van der Waals surface area contributed by atoms with Gasteiger partial charge in [-0.3, -0.25) is 4.79 Å².